The Morgan fingerprint density at radius 2 is 0.717 bits per heavy atom. The van der Waals surface area contributed by atoms with Gasteiger partial charge < -0.3 is 19.5 Å². The molecule has 6 heteroatoms. The van der Waals surface area contributed by atoms with E-state index in [1.165, 1.54) is 154 Å². The van der Waals surface area contributed by atoms with E-state index < -0.39 is 0 Å². The summed E-state index contributed by atoms with van der Waals surface area (Å²) in [5, 5.41) is 9.43. The molecule has 0 aromatic carbocycles. The van der Waals surface area contributed by atoms with Gasteiger partial charge in [0.2, 0.25) is 0 Å². The number of hydrogen-bond acceptors (Lipinski definition) is 6. The van der Waals surface area contributed by atoms with E-state index in [1.807, 2.05) is 0 Å². The number of rotatable bonds is 43. The van der Waals surface area contributed by atoms with Gasteiger partial charge in [-0.25, -0.2) is 0 Å². The minimum absolute atomic E-state index is 0.0255. The van der Waals surface area contributed by atoms with Gasteiger partial charge in [-0.15, -0.1) is 0 Å². The molecule has 0 aromatic rings. The summed E-state index contributed by atoms with van der Waals surface area (Å²) < 4.78 is 11.6. The van der Waals surface area contributed by atoms with E-state index in [0.717, 1.165) is 64.6 Å². The molecule has 0 bridgehead atoms. The second kappa shape index (κ2) is 42.0. The summed E-state index contributed by atoms with van der Waals surface area (Å²) >= 11 is 0. The van der Waals surface area contributed by atoms with Crippen molar-refractivity contribution in [3.8, 4) is 0 Å². The van der Waals surface area contributed by atoms with Crippen molar-refractivity contribution in [1.82, 2.24) is 4.90 Å². The van der Waals surface area contributed by atoms with Gasteiger partial charge in [0.25, 0.3) is 0 Å². The van der Waals surface area contributed by atoms with Gasteiger partial charge in [0.05, 0.1) is 13.2 Å². The average molecular weight is 752 g/mol. The van der Waals surface area contributed by atoms with Gasteiger partial charge in [-0.1, -0.05) is 169 Å². The Morgan fingerprint density at radius 1 is 0.415 bits per heavy atom. The van der Waals surface area contributed by atoms with Crippen molar-refractivity contribution in [3.05, 3.63) is 0 Å². The molecular weight excluding hydrogens is 659 g/mol. The van der Waals surface area contributed by atoms with E-state index in [9.17, 15) is 14.7 Å². The SMILES string of the molecule is CCCCCCCCC(CCCCCC)COC(=O)CCCCCN(CCCO)CCCCCC(=O)OCC(CCCCCC)CCCCCCCC. The Bertz CT molecular complexity index is 703. The smallest absolute Gasteiger partial charge is 0.305 e. The van der Waals surface area contributed by atoms with Crippen LogP contribution >= 0.6 is 0 Å². The molecule has 0 heterocycles. The quantitative estimate of drug-likeness (QED) is 0.0494. The third-order valence-electron chi connectivity index (χ3n) is 11.2. The Kier molecular flexibility index (Phi) is 41.1. The minimum Gasteiger partial charge on any atom is -0.465 e. The lowest BCUT2D eigenvalue weighted by molar-refractivity contribution is -0.146. The highest BCUT2D eigenvalue weighted by molar-refractivity contribution is 5.69. The summed E-state index contributed by atoms with van der Waals surface area (Å²) in [4.78, 5) is 27.6. The molecule has 0 aliphatic rings. The molecule has 1 N–H and O–H groups in total. The molecule has 0 aromatic heterocycles. The number of carbonyl (C=O) groups is 2. The van der Waals surface area contributed by atoms with Crippen LogP contribution in [0.2, 0.25) is 0 Å². The van der Waals surface area contributed by atoms with Crippen LogP contribution in [-0.2, 0) is 19.1 Å². The fourth-order valence-corrected chi connectivity index (χ4v) is 7.53. The summed E-state index contributed by atoms with van der Waals surface area (Å²) in [6, 6.07) is 0. The number of aliphatic hydroxyl groups is 1. The third-order valence-corrected chi connectivity index (χ3v) is 11.2. The van der Waals surface area contributed by atoms with Crippen molar-refractivity contribution in [2.45, 2.75) is 240 Å². The predicted octanol–water partition coefficient (Wildman–Crippen LogP) is 13.6. The van der Waals surface area contributed by atoms with Crippen molar-refractivity contribution in [1.29, 1.82) is 0 Å². The zero-order valence-corrected chi connectivity index (χ0v) is 36.3. The predicted molar refractivity (Wildman–Crippen MR) is 227 cm³/mol. The van der Waals surface area contributed by atoms with E-state index in [0.29, 0.717) is 37.9 Å². The second-order valence-electron chi connectivity index (χ2n) is 16.4. The number of unbranched alkanes of at least 4 members (excludes halogenated alkanes) is 20. The van der Waals surface area contributed by atoms with E-state index in [-0.39, 0.29) is 18.5 Å². The normalized spacial score (nSPS) is 12.7. The standard InChI is InChI=1S/C47H93NO5/c1-5-9-13-17-19-25-34-44(32-23-15-11-7-3)42-52-46(50)36-27-21-29-38-48(40-31-41-49)39-30-22-28-37-47(51)53-43-45(33-24-16-12-8-4)35-26-20-18-14-10-6-2/h44-45,49H,5-43H2,1-4H3. The Balaban J connectivity index is 4.31. The third kappa shape index (κ3) is 37.6. The molecule has 0 aliphatic carbocycles. The highest BCUT2D eigenvalue weighted by atomic mass is 16.5. The van der Waals surface area contributed by atoms with Crippen LogP contribution in [-0.4, -0.2) is 61.4 Å². The van der Waals surface area contributed by atoms with Crippen LogP contribution in [0.15, 0.2) is 0 Å². The first-order valence-corrected chi connectivity index (χ1v) is 23.6. The van der Waals surface area contributed by atoms with Crippen LogP contribution in [0.1, 0.15) is 240 Å². The Labute approximate surface area is 331 Å². The number of ether oxygens (including phenoxy) is 2. The van der Waals surface area contributed by atoms with E-state index in [1.54, 1.807) is 0 Å². The molecule has 316 valence electrons. The maximum absolute atomic E-state index is 12.6. The fourth-order valence-electron chi connectivity index (χ4n) is 7.53. The molecule has 0 radical (unpaired) electrons. The molecule has 0 amide bonds. The maximum Gasteiger partial charge on any atom is 0.305 e. The van der Waals surface area contributed by atoms with Crippen molar-refractivity contribution in [3.63, 3.8) is 0 Å². The lowest BCUT2D eigenvalue weighted by Gasteiger charge is -2.22. The van der Waals surface area contributed by atoms with Gasteiger partial charge >= 0.3 is 11.9 Å². The molecule has 0 saturated carbocycles. The molecule has 0 fully saturated rings. The fraction of sp³-hybridized carbons (Fsp3) is 0.957. The average Bonchev–Trinajstić information content (AvgIpc) is 3.16. The molecule has 53 heavy (non-hydrogen) atoms. The molecular formula is C47H93NO5. The van der Waals surface area contributed by atoms with Gasteiger partial charge in [0.1, 0.15) is 0 Å². The maximum atomic E-state index is 12.6. The van der Waals surface area contributed by atoms with Gasteiger partial charge in [0.15, 0.2) is 0 Å². The molecule has 0 saturated heterocycles. The minimum atomic E-state index is -0.0255. The Hall–Kier alpha value is -1.14. The lowest BCUT2D eigenvalue weighted by atomic mass is 9.95. The van der Waals surface area contributed by atoms with E-state index in [2.05, 4.69) is 32.6 Å². The van der Waals surface area contributed by atoms with Crippen LogP contribution in [0, 0.1) is 11.8 Å². The van der Waals surface area contributed by atoms with Crippen molar-refractivity contribution < 1.29 is 24.2 Å². The molecule has 6 nitrogen and oxygen atoms in total. The highest BCUT2D eigenvalue weighted by Gasteiger charge is 2.14. The highest BCUT2D eigenvalue weighted by Crippen LogP contribution is 2.21. The molecule has 0 rings (SSSR count). The summed E-state index contributed by atoms with van der Waals surface area (Å²) in [7, 11) is 0. The summed E-state index contributed by atoms with van der Waals surface area (Å²) in [6.07, 6.45) is 38.5. The van der Waals surface area contributed by atoms with Crippen LogP contribution in [0.3, 0.4) is 0 Å². The van der Waals surface area contributed by atoms with Crippen LogP contribution in [0.5, 0.6) is 0 Å². The number of hydrogen-bond donors (Lipinski definition) is 1. The van der Waals surface area contributed by atoms with Crippen LogP contribution in [0.25, 0.3) is 0 Å². The number of esters is 2. The number of nitrogens with zero attached hydrogens (tertiary/aromatic N) is 1. The van der Waals surface area contributed by atoms with Crippen LogP contribution < -0.4 is 0 Å². The van der Waals surface area contributed by atoms with E-state index >= 15 is 0 Å². The molecule has 2 atom stereocenters. The first-order valence-electron chi connectivity index (χ1n) is 23.6. The molecule has 0 spiro atoms. The summed E-state index contributed by atoms with van der Waals surface area (Å²) in [6.45, 7) is 13.4. The van der Waals surface area contributed by atoms with Crippen molar-refractivity contribution in [2.75, 3.05) is 39.5 Å². The summed E-state index contributed by atoms with van der Waals surface area (Å²) in [5.41, 5.74) is 0. The van der Waals surface area contributed by atoms with Crippen molar-refractivity contribution in [2.24, 2.45) is 11.8 Å². The van der Waals surface area contributed by atoms with E-state index in [4.69, 9.17) is 9.47 Å². The first kappa shape index (κ1) is 51.9. The largest absolute Gasteiger partial charge is 0.465 e. The Morgan fingerprint density at radius 3 is 1.08 bits per heavy atom. The first-order chi connectivity index (χ1) is 26.0. The number of aliphatic hydroxyl groups excluding tert-OH is 1. The molecule has 2 unspecified atom stereocenters. The number of carbonyl (C=O) groups excluding carboxylic acids is 2. The zero-order valence-electron chi connectivity index (χ0n) is 36.3. The lowest BCUT2D eigenvalue weighted by Crippen LogP contribution is -2.28. The van der Waals surface area contributed by atoms with Gasteiger partial charge in [-0.05, 0) is 82.7 Å². The van der Waals surface area contributed by atoms with Gasteiger partial charge in [-0.3, -0.25) is 9.59 Å². The van der Waals surface area contributed by atoms with Crippen molar-refractivity contribution >= 4 is 11.9 Å². The van der Waals surface area contributed by atoms with Gasteiger partial charge in [0, 0.05) is 26.0 Å². The molecule has 0 aliphatic heterocycles. The topological polar surface area (TPSA) is 76.1 Å². The van der Waals surface area contributed by atoms with Crippen LogP contribution in [0.4, 0.5) is 0 Å². The van der Waals surface area contributed by atoms with Gasteiger partial charge in [-0.2, -0.15) is 0 Å². The zero-order chi connectivity index (χ0) is 38.9. The summed E-state index contributed by atoms with van der Waals surface area (Å²) in [5.74, 6) is 0.986. The second-order valence-corrected chi connectivity index (χ2v) is 16.4. The monoisotopic (exact) mass is 752 g/mol.